The SMILES string of the molecule is O=C(O)C(c1ccccc1)N1C(=O)/C(=C\C=C\c2ccccc2)SC1=S. The second-order valence-corrected chi connectivity index (χ2v) is 7.17. The standard InChI is InChI=1S/C20H15NO3S2/c22-18-16(13-7-10-14-8-3-1-4-9-14)26-20(25)21(18)17(19(23)24)15-11-5-2-6-12-15/h1-13,17H,(H,23,24)/b10-7+,16-13+. The molecular formula is C20H15NO3S2. The van der Waals surface area contributed by atoms with Gasteiger partial charge < -0.3 is 5.11 Å². The van der Waals surface area contributed by atoms with Crippen molar-refractivity contribution in [3.63, 3.8) is 0 Å². The Labute approximate surface area is 160 Å². The van der Waals surface area contributed by atoms with E-state index in [0.29, 0.717) is 10.5 Å². The summed E-state index contributed by atoms with van der Waals surface area (Å²) in [6, 6.07) is 17.2. The second kappa shape index (κ2) is 8.12. The molecule has 1 amide bonds. The summed E-state index contributed by atoms with van der Waals surface area (Å²) in [4.78, 5) is 26.1. The number of carboxylic acids is 1. The van der Waals surface area contributed by atoms with Gasteiger partial charge in [-0.15, -0.1) is 0 Å². The Morgan fingerprint density at radius 2 is 1.69 bits per heavy atom. The molecule has 2 aromatic carbocycles. The van der Waals surface area contributed by atoms with Gasteiger partial charge in [0.15, 0.2) is 6.04 Å². The minimum atomic E-state index is -1.13. The van der Waals surface area contributed by atoms with E-state index in [1.54, 1.807) is 42.5 Å². The number of amides is 1. The van der Waals surface area contributed by atoms with Gasteiger partial charge in [-0.25, -0.2) is 4.79 Å². The molecule has 0 aliphatic carbocycles. The summed E-state index contributed by atoms with van der Waals surface area (Å²) >= 11 is 6.39. The highest BCUT2D eigenvalue weighted by Gasteiger charge is 2.41. The third kappa shape index (κ3) is 3.92. The quantitative estimate of drug-likeness (QED) is 0.619. The van der Waals surface area contributed by atoms with E-state index in [0.717, 1.165) is 17.3 Å². The van der Waals surface area contributed by atoms with Crippen LogP contribution in [0.4, 0.5) is 0 Å². The van der Waals surface area contributed by atoms with Crippen LogP contribution in [0, 0.1) is 0 Å². The molecule has 3 rings (SSSR count). The number of carbonyl (C=O) groups is 2. The van der Waals surface area contributed by atoms with Crippen molar-refractivity contribution in [2.24, 2.45) is 0 Å². The lowest BCUT2D eigenvalue weighted by atomic mass is 10.1. The molecule has 26 heavy (non-hydrogen) atoms. The summed E-state index contributed by atoms with van der Waals surface area (Å²) in [6.45, 7) is 0. The van der Waals surface area contributed by atoms with Gasteiger partial charge in [0.1, 0.15) is 4.32 Å². The predicted molar refractivity (Wildman–Crippen MR) is 107 cm³/mol. The number of carboxylic acid groups (broad SMARTS) is 1. The molecule has 1 aliphatic rings. The molecule has 0 bridgehead atoms. The van der Waals surface area contributed by atoms with Gasteiger partial charge >= 0.3 is 5.97 Å². The summed E-state index contributed by atoms with van der Waals surface area (Å²) in [5, 5.41) is 9.64. The Morgan fingerprint density at radius 3 is 2.31 bits per heavy atom. The molecule has 1 atom stereocenters. The number of aliphatic carboxylic acids is 1. The Balaban J connectivity index is 1.85. The first-order valence-electron chi connectivity index (χ1n) is 7.84. The maximum absolute atomic E-state index is 12.7. The molecule has 1 saturated heterocycles. The van der Waals surface area contributed by atoms with Crippen LogP contribution >= 0.6 is 24.0 Å². The van der Waals surface area contributed by atoms with Gasteiger partial charge in [0, 0.05) is 0 Å². The lowest BCUT2D eigenvalue weighted by molar-refractivity contribution is -0.145. The third-order valence-electron chi connectivity index (χ3n) is 3.77. The number of hydrogen-bond donors (Lipinski definition) is 1. The fourth-order valence-electron chi connectivity index (χ4n) is 2.56. The van der Waals surface area contributed by atoms with Crippen LogP contribution in [0.15, 0.2) is 77.7 Å². The molecule has 1 fully saturated rings. The smallest absolute Gasteiger partial charge is 0.331 e. The highest BCUT2D eigenvalue weighted by molar-refractivity contribution is 8.26. The van der Waals surface area contributed by atoms with E-state index < -0.39 is 17.9 Å². The Hall–Kier alpha value is -2.70. The Bertz CT molecular complexity index is 892. The van der Waals surface area contributed by atoms with Crippen LogP contribution in [-0.4, -0.2) is 26.2 Å². The molecule has 130 valence electrons. The number of carbonyl (C=O) groups excluding carboxylic acids is 1. The van der Waals surface area contributed by atoms with Gasteiger partial charge in [-0.05, 0) is 17.2 Å². The summed E-state index contributed by atoms with van der Waals surface area (Å²) in [7, 11) is 0. The first kappa shape index (κ1) is 18.1. The minimum Gasteiger partial charge on any atom is -0.479 e. The van der Waals surface area contributed by atoms with E-state index in [9.17, 15) is 14.7 Å². The van der Waals surface area contributed by atoms with E-state index in [4.69, 9.17) is 12.2 Å². The van der Waals surface area contributed by atoms with E-state index in [1.807, 2.05) is 36.4 Å². The van der Waals surface area contributed by atoms with Gasteiger partial charge in [-0.1, -0.05) is 96.8 Å². The van der Waals surface area contributed by atoms with E-state index >= 15 is 0 Å². The zero-order valence-electron chi connectivity index (χ0n) is 13.6. The number of rotatable bonds is 5. The van der Waals surface area contributed by atoms with Gasteiger partial charge in [0.2, 0.25) is 0 Å². The first-order chi connectivity index (χ1) is 12.6. The Kier molecular flexibility index (Phi) is 5.65. The van der Waals surface area contributed by atoms with Crippen molar-refractivity contribution in [2.45, 2.75) is 6.04 Å². The molecule has 1 aliphatic heterocycles. The lowest BCUT2D eigenvalue weighted by Crippen LogP contribution is -2.37. The fraction of sp³-hybridized carbons (Fsp3) is 0.0500. The molecular weight excluding hydrogens is 366 g/mol. The van der Waals surface area contributed by atoms with E-state index in [2.05, 4.69) is 0 Å². The van der Waals surface area contributed by atoms with Crippen molar-refractivity contribution in [2.75, 3.05) is 0 Å². The number of allylic oxidation sites excluding steroid dienone is 2. The van der Waals surface area contributed by atoms with Crippen LogP contribution < -0.4 is 0 Å². The average Bonchev–Trinajstić information content (AvgIpc) is 2.91. The van der Waals surface area contributed by atoms with Gasteiger partial charge in [-0.2, -0.15) is 0 Å². The summed E-state index contributed by atoms with van der Waals surface area (Å²) in [5.41, 5.74) is 1.52. The fourth-order valence-corrected chi connectivity index (χ4v) is 3.83. The summed E-state index contributed by atoms with van der Waals surface area (Å²) in [6.07, 6.45) is 5.30. The molecule has 0 radical (unpaired) electrons. The first-order valence-corrected chi connectivity index (χ1v) is 9.07. The number of thiocarbonyl (C=S) groups is 1. The van der Waals surface area contributed by atoms with Crippen molar-refractivity contribution in [1.82, 2.24) is 4.90 Å². The van der Waals surface area contributed by atoms with Gasteiger partial charge in [-0.3, -0.25) is 9.69 Å². The molecule has 1 N–H and O–H groups in total. The highest BCUT2D eigenvalue weighted by Crippen LogP contribution is 2.37. The van der Waals surface area contributed by atoms with Crippen molar-refractivity contribution >= 4 is 46.3 Å². The molecule has 6 heteroatoms. The topological polar surface area (TPSA) is 57.6 Å². The van der Waals surface area contributed by atoms with Crippen molar-refractivity contribution in [3.8, 4) is 0 Å². The second-order valence-electron chi connectivity index (χ2n) is 5.50. The number of hydrogen-bond acceptors (Lipinski definition) is 4. The monoisotopic (exact) mass is 381 g/mol. The van der Waals surface area contributed by atoms with Crippen molar-refractivity contribution in [1.29, 1.82) is 0 Å². The van der Waals surface area contributed by atoms with Crippen LogP contribution in [-0.2, 0) is 9.59 Å². The molecule has 0 spiro atoms. The zero-order chi connectivity index (χ0) is 18.5. The number of benzene rings is 2. The maximum atomic E-state index is 12.7. The van der Waals surface area contributed by atoms with Crippen LogP contribution in [0.3, 0.4) is 0 Å². The Morgan fingerprint density at radius 1 is 1.08 bits per heavy atom. The van der Waals surface area contributed by atoms with E-state index in [1.165, 1.54) is 4.90 Å². The van der Waals surface area contributed by atoms with Crippen LogP contribution in [0.5, 0.6) is 0 Å². The molecule has 0 aromatic heterocycles. The maximum Gasteiger partial charge on any atom is 0.331 e. The molecule has 4 nitrogen and oxygen atoms in total. The summed E-state index contributed by atoms with van der Waals surface area (Å²) < 4.78 is 0.241. The number of thioether (sulfide) groups is 1. The van der Waals surface area contributed by atoms with Crippen LogP contribution in [0.2, 0.25) is 0 Å². The molecule has 0 saturated carbocycles. The van der Waals surface area contributed by atoms with Crippen molar-refractivity contribution in [3.05, 3.63) is 88.8 Å². The normalized spacial score (nSPS) is 17.2. The predicted octanol–water partition coefficient (Wildman–Crippen LogP) is 4.27. The van der Waals surface area contributed by atoms with Gasteiger partial charge in [0.05, 0.1) is 4.91 Å². The average molecular weight is 381 g/mol. The van der Waals surface area contributed by atoms with Crippen LogP contribution in [0.1, 0.15) is 17.2 Å². The zero-order valence-corrected chi connectivity index (χ0v) is 15.2. The number of nitrogens with zero attached hydrogens (tertiary/aromatic N) is 1. The molecule has 2 aromatic rings. The summed E-state index contributed by atoms with van der Waals surface area (Å²) in [5.74, 6) is -1.51. The largest absolute Gasteiger partial charge is 0.479 e. The minimum absolute atomic E-state index is 0.241. The highest BCUT2D eigenvalue weighted by atomic mass is 32.2. The third-order valence-corrected chi connectivity index (χ3v) is 5.12. The van der Waals surface area contributed by atoms with E-state index in [-0.39, 0.29) is 4.32 Å². The lowest BCUT2D eigenvalue weighted by Gasteiger charge is -2.23. The van der Waals surface area contributed by atoms with Gasteiger partial charge in [0.25, 0.3) is 5.91 Å². The molecule has 1 unspecified atom stereocenters. The molecule has 1 heterocycles. The van der Waals surface area contributed by atoms with Crippen LogP contribution in [0.25, 0.3) is 6.08 Å². The van der Waals surface area contributed by atoms with Crippen molar-refractivity contribution < 1.29 is 14.7 Å².